The lowest BCUT2D eigenvalue weighted by atomic mass is 10.5. The van der Waals surface area contributed by atoms with Crippen LogP contribution in [0.4, 0.5) is 5.95 Å². The van der Waals surface area contributed by atoms with Crippen LogP contribution in [-0.4, -0.2) is 15.2 Å². The molecular formula is C4H9Cl2N5O. The highest BCUT2D eigenvalue weighted by Crippen LogP contribution is 1.80. The molecule has 8 heteroatoms. The molecule has 6 nitrogen and oxygen atoms in total. The Morgan fingerprint density at radius 1 is 1.33 bits per heavy atom. The van der Waals surface area contributed by atoms with Crippen molar-refractivity contribution in [3.8, 4) is 0 Å². The Kier molecular flexibility index (Phi) is 6.58. The standard InChI is InChI=1S/C4H7N5O.2ClH/c5-1-2-3(10)7-4(6)9-8-2;;/h1,5H2,(H3,6,7,9,10);2*1H. The molecule has 0 aromatic carbocycles. The van der Waals surface area contributed by atoms with E-state index in [1.807, 2.05) is 0 Å². The van der Waals surface area contributed by atoms with Crippen LogP contribution in [0, 0.1) is 0 Å². The van der Waals surface area contributed by atoms with E-state index in [0.717, 1.165) is 0 Å². The smallest absolute Gasteiger partial charge is 0.275 e. The molecule has 1 rings (SSSR count). The molecule has 0 fully saturated rings. The molecule has 0 aliphatic heterocycles. The predicted molar refractivity (Wildman–Crippen MR) is 49.5 cm³/mol. The largest absolute Gasteiger partial charge is 0.368 e. The van der Waals surface area contributed by atoms with Gasteiger partial charge >= 0.3 is 0 Å². The van der Waals surface area contributed by atoms with E-state index in [-0.39, 0.29) is 48.6 Å². The summed E-state index contributed by atoms with van der Waals surface area (Å²) in [5, 5.41) is 6.86. The zero-order chi connectivity index (χ0) is 7.56. The molecule has 1 heterocycles. The van der Waals surface area contributed by atoms with Crippen LogP contribution in [0.5, 0.6) is 0 Å². The van der Waals surface area contributed by atoms with Gasteiger partial charge in [0.25, 0.3) is 5.56 Å². The maximum Gasteiger partial charge on any atom is 0.275 e. The molecule has 0 unspecified atom stereocenters. The van der Waals surface area contributed by atoms with Crippen LogP contribution >= 0.6 is 24.8 Å². The highest BCUT2D eigenvalue weighted by Gasteiger charge is 1.97. The highest BCUT2D eigenvalue weighted by atomic mass is 35.5. The average Bonchev–Trinajstić information content (AvgIpc) is 1.88. The van der Waals surface area contributed by atoms with Crippen LogP contribution < -0.4 is 17.0 Å². The Bertz CT molecular complexity index is 287. The summed E-state index contributed by atoms with van der Waals surface area (Å²) in [6, 6.07) is 0. The fraction of sp³-hybridized carbons (Fsp3) is 0.250. The number of halogens is 2. The number of nitrogens with one attached hydrogen (secondary N) is 1. The summed E-state index contributed by atoms with van der Waals surface area (Å²) >= 11 is 0. The molecule has 0 bridgehead atoms. The normalized spacial score (nSPS) is 8.08. The second-order valence-electron chi connectivity index (χ2n) is 1.69. The third-order valence-electron chi connectivity index (χ3n) is 0.975. The van der Waals surface area contributed by atoms with Gasteiger partial charge < -0.3 is 11.5 Å². The van der Waals surface area contributed by atoms with Crippen LogP contribution in [0.25, 0.3) is 0 Å². The highest BCUT2D eigenvalue weighted by molar-refractivity contribution is 5.85. The van der Waals surface area contributed by atoms with Crippen molar-refractivity contribution < 1.29 is 0 Å². The second-order valence-corrected chi connectivity index (χ2v) is 1.69. The Morgan fingerprint density at radius 3 is 2.33 bits per heavy atom. The Balaban J connectivity index is 0. The number of aromatic amines is 1. The van der Waals surface area contributed by atoms with Gasteiger partial charge in [-0.15, -0.1) is 35.0 Å². The molecule has 1 aromatic rings. The van der Waals surface area contributed by atoms with E-state index in [1.165, 1.54) is 0 Å². The predicted octanol–water partition coefficient (Wildman–Crippen LogP) is -0.951. The van der Waals surface area contributed by atoms with Crippen molar-refractivity contribution in [3.05, 3.63) is 16.0 Å². The lowest BCUT2D eigenvalue weighted by Gasteiger charge is -1.92. The van der Waals surface area contributed by atoms with Crippen LogP contribution in [0.3, 0.4) is 0 Å². The Morgan fingerprint density at radius 2 is 1.92 bits per heavy atom. The lowest BCUT2D eigenvalue weighted by Crippen LogP contribution is -2.20. The zero-order valence-electron chi connectivity index (χ0n) is 5.98. The van der Waals surface area contributed by atoms with Gasteiger partial charge in [0.15, 0.2) is 0 Å². The fourth-order valence-corrected chi connectivity index (χ4v) is 0.507. The molecule has 0 amide bonds. The van der Waals surface area contributed by atoms with Crippen LogP contribution in [0.1, 0.15) is 5.69 Å². The number of nitrogen functional groups attached to an aromatic ring is 1. The summed E-state index contributed by atoms with van der Waals surface area (Å²) in [5.41, 5.74) is 10.1. The molecule has 0 aliphatic carbocycles. The van der Waals surface area contributed by atoms with E-state index >= 15 is 0 Å². The minimum absolute atomic E-state index is 0. The van der Waals surface area contributed by atoms with E-state index in [4.69, 9.17) is 11.5 Å². The summed E-state index contributed by atoms with van der Waals surface area (Å²) in [5.74, 6) is 0.00204. The summed E-state index contributed by atoms with van der Waals surface area (Å²) in [7, 11) is 0. The lowest BCUT2D eigenvalue weighted by molar-refractivity contribution is 0.848. The van der Waals surface area contributed by atoms with Gasteiger partial charge in [-0.25, -0.2) is 0 Å². The molecule has 0 saturated heterocycles. The average molecular weight is 214 g/mol. The zero-order valence-corrected chi connectivity index (χ0v) is 7.61. The minimum Gasteiger partial charge on any atom is -0.368 e. The number of hydrogen-bond acceptors (Lipinski definition) is 5. The Hall–Kier alpha value is -0.850. The van der Waals surface area contributed by atoms with Crippen molar-refractivity contribution in [2.24, 2.45) is 5.73 Å². The minimum atomic E-state index is -0.380. The van der Waals surface area contributed by atoms with Gasteiger partial charge in [0.2, 0.25) is 5.95 Å². The van der Waals surface area contributed by atoms with E-state index in [0.29, 0.717) is 0 Å². The maximum atomic E-state index is 10.8. The first-order chi connectivity index (χ1) is 4.74. The van der Waals surface area contributed by atoms with Crippen molar-refractivity contribution in [2.45, 2.75) is 6.54 Å². The van der Waals surface area contributed by atoms with Crippen molar-refractivity contribution in [1.29, 1.82) is 0 Å². The van der Waals surface area contributed by atoms with Gasteiger partial charge in [-0.1, -0.05) is 0 Å². The summed E-state index contributed by atoms with van der Waals surface area (Å²) in [6.45, 7) is 0.0720. The molecule has 0 atom stereocenters. The fourth-order valence-electron chi connectivity index (χ4n) is 0.507. The van der Waals surface area contributed by atoms with Crippen LogP contribution in [-0.2, 0) is 6.54 Å². The molecule has 0 saturated carbocycles. The van der Waals surface area contributed by atoms with Gasteiger partial charge in [-0.05, 0) is 0 Å². The molecule has 0 spiro atoms. The second kappa shape index (κ2) is 5.76. The van der Waals surface area contributed by atoms with Gasteiger partial charge in [-0.3, -0.25) is 9.78 Å². The molecule has 1 aromatic heterocycles. The van der Waals surface area contributed by atoms with Gasteiger partial charge in [-0.2, -0.15) is 0 Å². The van der Waals surface area contributed by atoms with E-state index in [2.05, 4.69) is 15.2 Å². The monoisotopic (exact) mass is 213 g/mol. The number of hydrogen-bond donors (Lipinski definition) is 3. The van der Waals surface area contributed by atoms with Gasteiger partial charge in [0.1, 0.15) is 5.69 Å². The van der Waals surface area contributed by atoms with E-state index < -0.39 is 0 Å². The SMILES string of the molecule is Cl.Cl.NCc1nnc(N)[nH]c1=O. The molecule has 70 valence electrons. The van der Waals surface area contributed by atoms with Crippen molar-refractivity contribution in [2.75, 3.05) is 5.73 Å². The van der Waals surface area contributed by atoms with Gasteiger partial charge in [0, 0.05) is 6.54 Å². The number of anilines is 1. The topological polar surface area (TPSA) is 111 Å². The molecular weight excluding hydrogens is 205 g/mol. The molecule has 0 radical (unpaired) electrons. The first-order valence-electron chi connectivity index (χ1n) is 2.65. The first kappa shape index (κ1) is 13.7. The van der Waals surface area contributed by atoms with Crippen LogP contribution in [0.2, 0.25) is 0 Å². The third kappa shape index (κ3) is 3.04. The molecule has 12 heavy (non-hydrogen) atoms. The number of nitrogens with zero attached hydrogens (tertiary/aromatic N) is 2. The quantitative estimate of drug-likeness (QED) is 0.558. The Labute approximate surface area is 80.6 Å². The first-order valence-corrected chi connectivity index (χ1v) is 2.65. The van der Waals surface area contributed by atoms with E-state index in [1.54, 1.807) is 0 Å². The van der Waals surface area contributed by atoms with E-state index in [9.17, 15) is 4.79 Å². The number of aromatic nitrogens is 3. The summed E-state index contributed by atoms with van der Waals surface area (Å²) in [4.78, 5) is 13.0. The number of H-pyrrole nitrogens is 1. The molecule has 5 N–H and O–H groups in total. The summed E-state index contributed by atoms with van der Waals surface area (Å²) < 4.78 is 0. The number of nitrogens with two attached hydrogens (primary N) is 2. The van der Waals surface area contributed by atoms with Crippen LogP contribution in [0.15, 0.2) is 4.79 Å². The molecule has 0 aliphatic rings. The van der Waals surface area contributed by atoms with Gasteiger partial charge in [0.05, 0.1) is 0 Å². The third-order valence-corrected chi connectivity index (χ3v) is 0.975. The maximum absolute atomic E-state index is 10.8. The summed E-state index contributed by atoms with van der Waals surface area (Å²) in [6.07, 6.45) is 0. The van der Waals surface area contributed by atoms with Crippen molar-refractivity contribution in [1.82, 2.24) is 15.2 Å². The van der Waals surface area contributed by atoms with Crippen molar-refractivity contribution >= 4 is 30.8 Å². The number of rotatable bonds is 1. The van der Waals surface area contributed by atoms with Crippen molar-refractivity contribution in [3.63, 3.8) is 0 Å².